The number of hydrogen-bond acceptors (Lipinski definition) is 6. The number of rotatable bonds is 5. The number of amides is 2. The molecule has 1 aliphatic rings. The first kappa shape index (κ1) is 18.2. The van der Waals surface area contributed by atoms with Gasteiger partial charge in [-0.2, -0.15) is 0 Å². The predicted molar refractivity (Wildman–Crippen MR) is 108 cm³/mol. The van der Waals surface area contributed by atoms with E-state index < -0.39 is 6.09 Å². The highest BCUT2D eigenvalue weighted by Gasteiger charge is 2.30. The van der Waals surface area contributed by atoms with Gasteiger partial charge in [0.05, 0.1) is 18.7 Å². The first-order chi connectivity index (χ1) is 14.6. The average Bonchev–Trinajstić information content (AvgIpc) is 3.42. The lowest BCUT2D eigenvalue weighted by atomic mass is 10.1. The fourth-order valence-corrected chi connectivity index (χ4v) is 3.51. The van der Waals surface area contributed by atoms with E-state index in [9.17, 15) is 9.59 Å². The third-order valence-corrected chi connectivity index (χ3v) is 5.07. The lowest BCUT2D eigenvalue weighted by Gasteiger charge is -2.10. The molecule has 0 aliphatic carbocycles. The second-order valence-electron chi connectivity index (χ2n) is 7.18. The van der Waals surface area contributed by atoms with Gasteiger partial charge >= 0.3 is 6.09 Å². The summed E-state index contributed by atoms with van der Waals surface area (Å²) in [7, 11) is 0. The van der Waals surface area contributed by atoms with Crippen LogP contribution in [-0.2, 0) is 22.5 Å². The Kier molecular flexibility index (Phi) is 4.35. The summed E-state index contributed by atoms with van der Waals surface area (Å²) >= 11 is 0. The van der Waals surface area contributed by atoms with Crippen LogP contribution in [0.5, 0.6) is 0 Å². The van der Waals surface area contributed by atoms with Crippen molar-refractivity contribution in [1.29, 1.82) is 0 Å². The molecule has 1 aliphatic heterocycles. The minimum Gasteiger partial charge on any atom is -0.461 e. The largest absolute Gasteiger partial charge is 0.461 e. The molecule has 1 fully saturated rings. The molecule has 0 atom stereocenters. The third kappa shape index (κ3) is 3.34. The van der Waals surface area contributed by atoms with Crippen LogP contribution in [0.15, 0.2) is 63.4 Å². The van der Waals surface area contributed by atoms with Crippen LogP contribution in [-0.4, -0.2) is 28.5 Å². The molecule has 7 heteroatoms. The first-order valence-electron chi connectivity index (χ1n) is 9.57. The number of furan rings is 1. The van der Waals surface area contributed by atoms with Gasteiger partial charge in [-0.3, -0.25) is 4.79 Å². The van der Waals surface area contributed by atoms with Crippen LogP contribution in [0.2, 0.25) is 0 Å². The molecule has 7 nitrogen and oxygen atoms in total. The molecule has 0 saturated carbocycles. The Balaban J connectivity index is 1.38. The van der Waals surface area contributed by atoms with Gasteiger partial charge in [0, 0.05) is 10.9 Å². The summed E-state index contributed by atoms with van der Waals surface area (Å²) < 4.78 is 16.5. The Morgan fingerprint density at radius 1 is 1.03 bits per heavy atom. The van der Waals surface area contributed by atoms with E-state index in [0.29, 0.717) is 12.3 Å². The van der Waals surface area contributed by atoms with E-state index in [1.807, 2.05) is 61.5 Å². The highest BCUT2D eigenvalue weighted by Crippen LogP contribution is 2.27. The summed E-state index contributed by atoms with van der Waals surface area (Å²) in [4.78, 5) is 29.1. The Hall–Kier alpha value is -3.87. The smallest absolute Gasteiger partial charge is 0.417 e. The minimum atomic E-state index is -0.608. The SMILES string of the molecule is Cc1oc(-c2ccccc2)nc1Cc1cc2cc(CN3C(=O)COC3=O)ccc2o1. The van der Waals surface area contributed by atoms with Crippen molar-refractivity contribution in [3.63, 3.8) is 0 Å². The lowest BCUT2D eigenvalue weighted by molar-refractivity contribution is -0.126. The highest BCUT2D eigenvalue weighted by atomic mass is 16.6. The van der Waals surface area contributed by atoms with Crippen molar-refractivity contribution in [1.82, 2.24) is 9.88 Å². The van der Waals surface area contributed by atoms with Crippen molar-refractivity contribution in [2.24, 2.45) is 0 Å². The van der Waals surface area contributed by atoms with Gasteiger partial charge in [0.15, 0.2) is 6.61 Å². The van der Waals surface area contributed by atoms with Gasteiger partial charge < -0.3 is 13.6 Å². The van der Waals surface area contributed by atoms with E-state index >= 15 is 0 Å². The zero-order chi connectivity index (χ0) is 20.7. The zero-order valence-corrected chi connectivity index (χ0v) is 16.3. The van der Waals surface area contributed by atoms with E-state index in [-0.39, 0.29) is 19.1 Å². The molecular formula is C23H18N2O5. The number of ether oxygens (including phenoxy) is 1. The third-order valence-electron chi connectivity index (χ3n) is 5.07. The number of imide groups is 1. The van der Waals surface area contributed by atoms with E-state index in [0.717, 1.165) is 44.2 Å². The molecule has 1 saturated heterocycles. The van der Waals surface area contributed by atoms with Crippen LogP contribution in [0.25, 0.3) is 22.4 Å². The molecule has 2 aromatic heterocycles. The quantitative estimate of drug-likeness (QED) is 0.490. The number of nitrogens with zero attached hydrogens (tertiary/aromatic N) is 2. The fourth-order valence-electron chi connectivity index (χ4n) is 3.51. The van der Waals surface area contributed by atoms with Crippen LogP contribution < -0.4 is 0 Å². The van der Waals surface area contributed by atoms with Gasteiger partial charge in [-0.25, -0.2) is 14.7 Å². The molecule has 0 radical (unpaired) electrons. The van der Waals surface area contributed by atoms with E-state index in [2.05, 4.69) is 4.98 Å². The van der Waals surface area contributed by atoms with E-state index in [1.54, 1.807) is 0 Å². The number of aromatic nitrogens is 1. The number of carbonyl (C=O) groups excluding carboxylic acids is 2. The minimum absolute atomic E-state index is 0.178. The second kappa shape index (κ2) is 7.18. The number of aryl methyl sites for hydroxylation is 1. The van der Waals surface area contributed by atoms with Gasteiger partial charge in [0.2, 0.25) is 5.89 Å². The summed E-state index contributed by atoms with van der Waals surface area (Å²) in [6, 6.07) is 17.3. The van der Waals surface area contributed by atoms with Crippen molar-refractivity contribution < 1.29 is 23.2 Å². The summed E-state index contributed by atoms with van der Waals surface area (Å²) in [5, 5.41) is 0.895. The van der Waals surface area contributed by atoms with Crippen LogP contribution in [0.1, 0.15) is 22.8 Å². The summed E-state index contributed by atoms with van der Waals surface area (Å²) in [6.45, 7) is 1.87. The second-order valence-corrected chi connectivity index (χ2v) is 7.18. The number of benzene rings is 2. The van der Waals surface area contributed by atoms with Crippen molar-refractivity contribution in [3.8, 4) is 11.5 Å². The van der Waals surface area contributed by atoms with Crippen molar-refractivity contribution in [2.75, 3.05) is 6.61 Å². The average molecular weight is 402 g/mol. The highest BCUT2D eigenvalue weighted by molar-refractivity contribution is 5.97. The van der Waals surface area contributed by atoms with Gasteiger partial charge in [0.1, 0.15) is 17.1 Å². The Morgan fingerprint density at radius 3 is 2.63 bits per heavy atom. The summed E-state index contributed by atoms with van der Waals surface area (Å²) in [5.41, 5.74) is 3.30. The monoisotopic (exact) mass is 402 g/mol. The molecule has 150 valence electrons. The summed E-state index contributed by atoms with van der Waals surface area (Å²) in [5.74, 6) is 1.77. The Morgan fingerprint density at radius 2 is 1.87 bits per heavy atom. The molecule has 5 rings (SSSR count). The maximum atomic E-state index is 11.7. The summed E-state index contributed by atoms with van der Waals surface area (Å²) in [6.07, 6.45) is -0.105. The van der Waals surface area contributed by atoms with Crippen molar-refractivity contribution in [2.45, 2.75) is 19.9 Å². The molecular weight excluding hydrogens is 384 g/mol. The molecule has 0 bridgehead atoms. The van der Waals surface area contributed by atoms with Crippen LogP contribution in [0, 0.1) is 6.92 Å². The van der Waals surface area contributed by atoms with Crippen LogP contribution in [0.3, 0.4) is 0 Å². The standard InChI is InChI=1S/C23H18N2O5/c1-14-19(24-22(29-14)16-5-3-2-4-6-16)11-18-10-17-9-15(7-8-20(17)30-18)12-25-21(26)13-28-23(25)27/h2-10H,11-13H2,1H3. The number of fused-ring (bicyclic) bond motifs is 1. The van der Waals surface area contributed by atoms with Crippen molar-refractivity contribution >= 4 is 23.0 Å². The molecule has 2 aromatic carbocycles. The number of carbonyl (C=O) groups is 2. The maximum absolute atomic E-state index is 11.7. The maximum Gasteiger partial charge on any atom is 0.417 e. The zero-order valence-electron chi connectivity index (χ0n) is 16.3. The Bertz CT molecular complexity index is 1240. The van der Waals surface area contributed by atoms with Gasteiger partial charge in [-0.15, -0.1) is 0 Å². The number of oxazole rings is 1. The molecule has 0 spiro atoms. The van der Waals surface area contributed by atoms with E-state index in [4.69, 9.17) is 13.6 Å². The molecule has 0 N–H and O–H groups in total. The molecule has 30 heavy (non-hydrogen) atoms. The van der Waals surface area contributed by atoms with Crippen LogP contribution >= 0.6 is 0 Å². The van der Waals surface area contributed by atoms with Crippen molar-refractivity contribution in [3.05, 3.63) is 77.4 Å². The molecule has 4 aromatic rings. The number of hydrogen-bond donors (Lipinski definition) is 0. The number of cyclic esters (lactones) is 1. The van der Waals surface area contributed by atoms with E-state index in [1.165, 1.54) is 0 Å². The first-order valence-corrected chi connectivity index (χ1v) is 9.57. The van der Waals surface area contributed by atoms with Crippen LogP contribution in [0.4, 0.5) is 4.79 Å². The van der Waals surface area contributed by atoms with Gasteiger partial charge in [-0.1, -0.05) is 24.3 Å². The van der Waals surface area contributed by atoms with Gasteiger partial charge in [0.25, 0.3) is 5.91 Å². The normalized spacial score (nSPS) is 14.0. The predicted octanol–water partition coefficient (Wildman–Crippen LogP) is 4.47. The van der Waals surface area contributed by atoms with Gasteiger partial charge in [-0.05, 0) is 42.8 Å². The molecule has 3 heterocycles. The molecule has 0 unspecified atom stereocenters. The molecule has 2 amide bonds. The topological polar surface area (TPSA) is 85.8 Å². The lowest BCUT2D eigenvalue weighted by Crippen LogP contribution is -2.28. The Labute approximate surface area is 171 Å². The fraction of sp³-hybridized carbons (Fsp3) is 0.174.